The normalized spacial score (nSPS) is 12.0. The Hall–Kier alpha value is -2.92. The second-order valence-electron chi connectivity index (χ2n) is 6.35. The van der Waals surface area contributed by atoms with Crippen LogP contribution in [0.25, 0.3) is 11.3 Å². The number of rotatable bonds is 6. The monoisotopic (exact) mass is 476 g/mol. The van der Waals surface area contributed by atoms with Crippen LogP contribution in [0.15, 0.2) is 45.8 Å². The number of halogens is 4. The van der Waals surface area contributed by atoms with E-state index in [1.807, 2.05) is 0 Å². The van der Waals surface area contributed by atoms with Gasteiger partial charge in [0.05, 0.1) is 29.8 Å². The SMILES string of the molecule is COc1cc(OC)c(NS(=O)(=O)c2cc(-c3cc(C(F)(F)F)on3)ccc2C)cc1Cl. The summed E-state index contributed by atoms with van der Waals surface area (Å²) in [5, 5.41) is 3.53. The number of nitrogens with one attached hydrogen (secondary N) is 1. The highest BCUT2D eigenvalue weighted by Crippen LogP contribution is 2.38. The standard InChI is InChI=1S/C19H16ClF3N2O5S/c1-10-4-5-11(13-8-18(30-24-13)19(21,22)23)6-17(10)31(26,27)25-14-7-12(20)15(28-2)9-16(14)29-3/h4-9,25H,1-3H3. The van der Waals surface area contributed by atoms with E-state index in [9.17, 15) is 21.6 Å². The molecule has 0 radical (unpaired) electrons. The lowest BCUT2D eigenvalue weighted by Crippen LogP contribution is -2.15. The van der Waals surface area contributed by atoms with Crippen molar-refractivity contribution in [3.8, 4) is 22.8 Å². The molecule has 12 heteroatoms. The van der Waals surface area contributed by atoms with Crippen molar-refractivity contribution in [2.75, 3.05) is 18.9 Å². The lowest BCUT2D eigenvalue weighted by Gasteiger charge is -2.15. The maximum atomic E-state index is 13.0. The fraction of sp³-hybridized carbons (Fsp3) is 0.211. The first-order valence-corrected chi connectivity index (χ1v) is 10.4. The number of benzene rings is 2. The molecular formula is C19H16ClF3N2O5S. The lowest BCUT2D eigenvalue weighted by atomic mass is 10.1. The van der Waals surface area contributed by atoms with Gasteiger partial charge in [-0.3, -0.25) is 4.72 Å². The van der Waals surface area contributed by atoms with Crippen LogP contribution in [0.1, 0.15) is 11.3 Å². The van der Waals surface area contributed by atoms with Gasteiger partial charge in [0, 0.05) is 17.7 Å². The highest BCUT2D eigenvalue weighted by molar-refractivity contribution is 7.92. The Kier molecular flexibility index (Phi) is 6.10. The van der Waals surface area contributed by atoms with E-state index in [4.69, 9.17) is 21.1 Å². The number of aromatic nitrogens is 1. The van der Waals surface area contributed by atoms with Crippen LogP contribution < -0.4 is 14.2 Å². The molecule has 0 fully saturated rings. The Morgan fingerprint density at radius 1 is 1.06 bits per heavy atom. The molecule has 3 rings (SSSR count). The van der Waals surface area contributed by atoms with Gasteiger partial charge in [0.15, 0.2) is 0 Å². The summed E-state index contributed by atoms with van der Waals surface area (Å²) in [5.74, 6) is -0.848. The number of sulfonamides is 1. The zero-order valence-electron chi connectivity index (χ0n) is 16.4. The second kappa shape index (κ2) is 8.31. The maximum absolute atomic E-state index is 13.0. The zero-order valence-corrected chi connectivity index (χ0v) is 17.9. The largest absolute Gasteiger partial charge is 0.495 e. The van der Waals surface area contributed by atoms with Gasteiger partial charge in [-0.05, 0) is 24.6 Å². The Morgan fingerprint density at radius 3 is 2.32 bits per heavy atom. The first-order valence-electron chi connectivity index (χ1n) is 8.55. The lowest BCUT2D eigenvalue weighted by molar-refractivity contribution is -0.155. The van der Waals surface area contributed by atoms with Gasteiger partial charge in [-0.2, -0.15) is 13.2 Å². The summed E-state index contributed by atoms with van der Waals surface area (Å²) in [6.07, 6.45) is -4.71. The van der Waals surface area contributed by atoms with Gasteiger partial charge in [0.1, 0.15) is 17.2 Å². The molecule has 0 atom stereocenters. The summed E-state index contributed by atoms with van der Waals surface area (Å²) in [6.45, 7) is 1.54. The Morgan fingerprint density at radius 2 is 1.74 bits per heavy atom. The first kappa shape index (κ1) is 22.8. The fourth-order valence-electron chi connectivity index (χ4n) is 2.73. The van der Waals surface area contributed by atoms with Crippen LogP contribution in [-0.4, -0.2) is 27.8 Å². The summed E-state index contributed by atoms with van der Waals surface area (Å²) in [5.41, 5.74) is 0.382. The van der Waals surface area contributed by atoms with Gasteiger partial charge in [0.25, 0.3) is 10.0 Å². The zero-order chi connectivity index (χ0) is 23.0. The summed E-state index contributed by atoms with van der Waals surface area (Å²) in [6, 6.07) is 7.52. The second-order valence-corrected chi connectivity index (χ2v) is 8.40. The highest BCUT2D eigenvalue weighted by Gasteiger charge is 2.36. The number of methoxy groups -OCH3 is 2. The van der Waals surface area contributed by atoms with E-state index in [-0.39, 0.29) is 38.4 Å². The minimum absolute atomic E-state index is 0.0545. The average Bonchev–Trinajstić information content (AvgIpc) is 3.19. The molecule has 0 bridgehead atoms. The number of alkyl halides is 3. The van der Waals surface area contributed by atoms with Gasteiger partial charge in [-0.15, -0.1) is 0 Å². The molecule has 1 N–H and O–H groups in total. The topological polar surface area (TPSA) is 90.7 Å². The minimum Gasteiger partial charge on any atom is -0.495 e. The van der Waals surface area contributed by atoms with Crippen LogP contribution in [0, 0.1) is 6.92 Å². The van der Waals surface area contributed by atoms with Crippen molar-refractivity contribution in [1.29, 1.82) is 0 Å². The van der Waals surface area contributed by atoms with E-state index in [0.717, 1.165) is 0 Å². The molecule has 3 aromatic rings. The number of nitrogens with zero attached hydrogens (tertiary/aromatic N) is 1. The van der Waals surface area contributed by atoms with Crippen molar-refractivity contribution in [3.05, 3.63) is 52.7 Å². The Balaban J connectivity index is 2.02. The molecule has 0 unspecified atom stereocenters. The number of hydrogen-bond donors (Lipinski definition) is 1. The molecule has 7 nitrogen and oxygen atoms in total. The number of ether oxygens (including phenoxy) is 2. The molecule has 0 aliphatic carbocycles. The van der Waals surface area contributed by atoms with Crippen molar-refractivity contribution >= 4 is 27.3 Å². The van der Waals surface area contributed by atoms with E-state index in [0.29, 0.717) is 11.6 Å². The predicted octanol–water partition coefficient (Wildman–Crippen LogP) is 5.14. The molecule has 31 heavy (non-hydrogen) atoms. The van der Waals surface area contributed by atoms with E-state index in [1.165, 1.54) is 44.6 Å². The van der Waals surface area contributed by atoms with Crippen LogP contribution in [0.3, 0.4) is 0 Å². The maximum Gasteiger partial charge on any atom is 0.452 e. The number of anilines is 1. The molecule has 1 aromatic heterocycles. The minimum atomic E-state index is -4.71. The number of hydrogen-bond acceptors (Lipinski definition) is 6. The average molecular weight is 477 g/mol. The van der Waals surface area contributed by atoms with Crippen molar-refractivity contribution in [2.45, 2.75) is 18.0 Å². The first-order chi connectivity index (χ1) is 14.5. The van der Waals surface area contributed by atoms with E-state index in [2.05, 4.69) is 14.4 Å². The van der Waals surface area contributed by atoms with Gasteiger partial charge in [-0.1, -0.05) is 28.9 Å². The van der Waals surface area contributed by atoms with Gasteiger partial charge < -0.3 is 14.0 Å². The van der Waals surface area contributed by atoms with Crippen molar-refractivity contribution in [1.82, 2.24) is 5.16 Å². The van der Waals surface area contributed by atoms with Crippen LogP contribution >= 0.6 is 11.6 Å². The van der Waals surface area contributed by atoms with Crippen LogP contribution in [0.5, 0.6) is 11.5 Å². The Bertz CT molecular complexity index is 1230. The Labute approximate surface area is 180 Å². The quantitative estimate of drug-likeness (QED) is 0.529. The highest BCUT2D eigenvalue weighted by atomic mass is 35.5. The van der Waals surface area contributed by atoms with Crippen molar-refractivity contribution < 1.29 is 35.6 Å². The third kappa shape index (κ3) is 4.72. The summed E-state index contributed by atoms with van der Waals surface area (Å²) >= 11 is 6.08. The fourth-order valence-corrected chi connectivity index (χ4v) is 4.31. The van der Waals surface area contributed by atoms with E-state index >= 15 is 0 Å². The van der Waals surface area contributed by atoms with Crippen LogP contribution in [0.4, 0.5) is 18.9 Å². The summed E-state index contributed by atoms with van der Waals surface area (Å²) in [4.78, 5) is -0.171. The molecule has 0 spiro atoms. The number of aryl methyl sites for hydroxylation is 1. The van der Waals surface area contributed by atoms with E-state index < -0.39 is 22.0 Å². The predicted molar refractivity (Wildman–Crippen MR) is 107 cm³/mol. The molecule has 166 valence electrons. The van der Waals surface area contributed by atoms with Crippen LogP contribution in [-0.2, 0) is 16.2 Å². The molecule has 0 amide bonds. The van der Waals surface area contributed by atoms with Gasteiger partial charge in [-0.25, -0.2) is 8.42 Å². The van der Waals surface area contributed by atoms with E-state index in [1.54, 1.807) is 6.92 Å². The van der Waals surface area contributed by atoms with Gasteiger partial charge >= 0.3 is 6.18 Å². The van der Waals surface area contributed by atoms with Crippen LogP contribution in [0.2, 0.25) is 5.02 Å². The molecule has 0 saturated heterocycles. The van der Waals surface area contributed by atoms with Crippen molar-refractivity contribution in [2.24, 2.45) is 0 Å². The smallest absolute Gasteiger partial charge is 0.452 e. The molecule has 1 heterocycles. The molecule has 0 aliphatic heterocycles. The molecule has 2 aromatic carbocycles. The van der Waals surface area contributed by atoms with Crippen molar-refractivity contribution in [3.63, 3.8) is 0 Å². The third-order valence-electron chi connectivity index (χ3n) is 4.28. The summed E-state index contributed by atoms with van der Waals surface area (Å²) < 4.78 is 81.4. The molecular weight excluding hydrogens is 461 g/mol. The summed E-state index contributed by atoms with van der Waals surface area (Å²) in [7, 11) is -1.44. The molecule has 0 aliphatic rings. The molecule has 0 saturated carbocycles. The third-order valence-corrected chi connectivity index (χ3v) is 6.08. The van der Waals surface area contributed by atoms with Gasteiger partial charge in [0.2, 0.25) is 5.76 Å².